The van der Waals surface area contributed by atoms with Crippen LogP contribution in [-0.4, -0.2) is 15.6 Å². The van der Waals surface area contributed by atoms with Crippen molar-refractivity contribution in [3.8, 4) is 0 Å². The highest BCUT2D eigenvalue weighted by Crippen LogP contribution is 2.26. The van der Waals surface area contributed by atoms with Gasteiger partial charge in [0.15, 0.2) is 5.78 Å². The molecule has 0 fully saturated rings. The number of hydrogen-bond donors (Lipinski definition) is 0. The second-order valence-corrected chi connectivity index (χ2v) is 6.75. The van der Waals surface area contributed by atoms with Crippen molar-refractivity contribution < 1.29 is 4.79 Å². The number of carbonyl (C=O) groups is 1. The Hall–Kier alpha value is -0.650. The van der Waals surface area contributed by atoms with E-state index in [9.17, 15) is 4.79 Å². The molecule has 0 atom stereocenters. The Morgan fingerprint density at radius 1 is 1.33 bits per heavy atom. The number of carbonyl (C=O) groups excluding carboxylic acids is 1. The number of aromatic nitrogens is 2. The molecule has 6 heteroatoms. The van der Waals surface area contributed by atoms with Crippen molar-refractivity contribution in [1.82, 2.24) is 9.78 Å². The van der Waals surface area contributed by atoms with Crippen molar-refractivity contribution in [3.63, 3.8) is 0 Å². The monoisotopic (exact) mass is 432 g/mol. The summed E-state index contributed by atoms with van der Waals surface area (Å²) >= 11 is 13.2. The maximum atomic E-state index is 12.5. The molecule has 0 amide bonds. The third-order valence-corrected chi connectivity index (χ3v) is 4.84. The Balaban J connectivity index is 2.33. The van der Waals surface area contributed by atoms with Gasteiger partial charge in [0.05, 0.1) is 22.8 Å². The number of aryl methyl sites for hydroxylation is 2. The number of Topliss-reactive ketones (excluding diaryl/α,β-unsaturated/α-hetero) is 1. The van der Waals surface area contributed by atoms with Crippen molar-refractivity contribution in [2.24, 2.45) is 0 Å². The zero-order valence-electron chi connectivity index (χ0n) is 11.8. The second-order valence-electron chi connectivity index (χ2n) is 4.60. The summed E-state index contributed by atoms with van der Waals surface area (Å²) in [5.74, 6) is 0.0218. The molecule has 0 unspecified atom stereocenters. The molecule has 0 saturated heterocycles. The van der Waals surface area contributed by atoms with E-state index in [0.29, 0.717) is 17.1 Å². The summed E-state index contributed by atoms with van der Waals surface area (Å²) in [5, 5.41) is 5.06. The predicted octanol–water partition coefficient (Wildman–Crippen LogP) is 5.07. The summed E-state index contributed by atoms with van der Waals surface area (Å²) in [6.07, 6.45) is 1.01. The fraction of sp³-hybridized carbons (Fsp3) is 0.333. The fourth-order valence-electron chi connectivity index (χ4n) is 2.15. The smallest absolute Gasteiger partial charge is 0.169 e. The van der Waals surface area contributed by atoms with Gasteiger partial charge in [-0.25, -0.2) is 0 Å². The minimum Gasteiger partial charge on any atom is -0.294 e. The number of ketones is 1. The summed E-state index contributed by atoms with van der Waals surface area (Å²) in [4.78, 5) is 12.5. The Labute approximate surface area is 145 Å². The van der Waals surface area contributed by atoms with Crippen molar-refractivity contribution in [2.45, 2.75) is 33.2 Å². The van der Waals surface area contributed by atoms with Crippen LogP contribution >= 0.6 is 43.5 Å². The normalized spacial score (nSPS) is 10.9. The number of rotatable bonds is 5. The summed E-state index contributed by atoms with van der Waals surface area (Å²) in [6, 6.07) is 5.52. The molecule has 0 saturated carbocycles. The number of nitrogens with zero attached hydrogens (tertiary/aromatic N) is 2. The van der Waals surface area contributed by atoms with E-state index in [1.165, 1.54) is 0 Å². The number of benzene rings is 1. The van der Waals surface area contributed by atoms with Crippen LogP contribution in [0, 0.1) is 0 Å². The van der Waals surface area contributed by atoms with Crippen LogP contribution in [0.2, 0.25) is 5.02 Å². The molecule has 0 bridgehead atoms. The first-order valence-corrected chi connectivity index (χ1v) is 8.66. The lowest BCUT2D eigenvalue weighted by atomic mass is 10.1. The van der Waals surface area contributed by atoms with Crippen LogP contribution in [0.3, 0.4) is 0 Å². The molecule has 21 heavy (non-hydrogen) atoms. The zero-order chi connectivity index (χ0) is 15.6. The van der Waals surface area contributed by atoms with E-state index in [4.69, 9.17) is 11.6 Å². The quantitative estimate of drug-likeness (QED) is 0.616. The Kier molecular flexibility index (Phi) is 5.63. The van der Waals surface area contributed by atoms with E-state index in [-0.39, 0.29) is 12.2 Å². The van der Waals surface area contributed by atoms with Gasteiger partial charge in [-0.3, -0.25) is 9.48 Å². The van der Waals surface area contributed by atoms with Gasteiger partial charge in [-0.05, 0) is 31.5 Å². The molecule has 0 radical (unpaired) electrons. The van der Waals surface area contributed by atoms with Crippen LogP contribution in [0.25, 0.3) is 0 Å². The number of halogens is 3. The molecule has 3 nitrogen and oxygen atoms in total. The van der Waals surface area contributed by atoms with Crippen LogP contribution in [0.15, 0.2) is 27.1 Å². The van der Waals surface area contributed by atoms with Crippen molar-refractivity contribution in [2.75, 3.05) is 0 Å². The first-order valence-electron chi connectivity index (χ1n) is 6.70. The molecule has 2 rings (SSSR count). The van der Waals surface area contributed by atoms with Crippen LogP contribution in [-0.2, 0) is 19.4 Å². The molecule has 0 N–H and O–H groups in total. The average Bonchev–Trinajstić information content (AvgIpc) is 2.75. The summed E-state index contributed by atoms with van der Waals surface area (Å²) < 4.78 is 3.51. The Morgan fingerprint density at radius 2 is 2.05 bits per heavy atom. The van der Waals surface area contributed by atoms with Gasteiger partial charge in [0.2, 0.25) is 0 Å². The fourth-order valence-corrected chi connectivity index (χ4v) is 3.75. The molecule has 2 aromatic rings. The maximum absolute atomic E-state index is 12.5. The second kappa shape index (κ2) is 7.07. The van der Waals surface area contributed by atoms with Crippen molar-refractivity contribution in [3.05, 3.63) is 49.1 Å². The van der Waals surface area contributed by atoms with E-state index in [0.717, 1.165) is 26.8 Å². The van der Waals surface area contributed by atoms with Gasteiger partial charge in [-0.1, -0.05) is 50.4 Å². The van der Waals surface area contributed by atoms with Crippen LogP contribution in [0.4, 0.5) is 0 Å². The first-order chi connectivity index (χ1) is 9.97. The van der Waals surface area contributed by atoms with E-state index in [1.54, 1.807) is 6.07 Å². The minimum atomic E-state index is 0.0218. The lowest BCUT2D eigenvalue weighted by Crippen LogP contribution is -2.10. The van der Waals surface area contributed by atoms with Gasteiger partial charge < -0.3 is 0 Å². The first kappa shape index (κ1) is 16.7. The third-order valence-electron chi connectivity index (χ3n) is 3.25. The zero-order valence-corrected chi connectivity index (χ0v) is 15.7. The van der Waals surface area contributed by atoms with Crippen LogP contribution in [0.5, 0.6) is 0 Å². The van der Waals surface area contributed by atoms with Crippen molar-refractivity contribution in [1.29, 1.82) is 0 Å². The van der Waals surface area contributed by atoms with Gasteiger partial charge in [-0.2, -0.15) is 5.10 Å². The highest BCUT2D eigenvalue weighted by atomic mass is 79.9. The van der Waals surface area contributed by atoms with Gasteiger partial charge in [0.25, 0.3) is 0 Å². The summed E-state index contributed by atoms with van der Waals surface area (Å²) in [7, 11) is 0. The highest BCUT2D eigenvalue weighted by Gasteiger charge is 2.19. The predicted molar refractivity (Wildman–Crippen MR) is 92.2 cm³/mol. The largest absolute Gasteiger partial charge is 0.294 e. The van der Waals surface area contributed by atoms with Gasteiger partial charge in [0.1, 0.15) is 0 Å². The molecule has 0 aliphatic heterocycles. The van der Waals surface area contributed by atoms with E-state index in [1.807, 2.05) is 30.7 Å². The van der Waals surface area contributed by atoms with Gasteiger partial charge in [-0.15, -0.1) is 0 Å². The molecule has 0 aliphatic carbocycles. The topological polar surface area (TPSA) is 34.9 Å². The molecule has 0 aliphatic rings. The lowest BCUT2D eigenvalue weighted by Gasteiger charge is -2.07. The van der Waals surface area contributed by atoms with Crippen LogP contribution in [0.1, 0.15) is 35.6 Å². The van der Waals surface area contributed by atoms with E-state index >= 15 is 0 Å². The minimum absolute atomic E-state index is 0.0218. The third kappa shape index (κ3) is 3.58. The lowest BCUT2D eigenvalue weighted by molar-refractivity contribution is 0.0990. The van der Waals surface area contributed by atoms with Crippen LogP contribution < -0.4 is 0 Å². The molecular formula is C15H15Br2ClN2O. The number of hydrogen-bond acceptors (Lipinski definition) is 2. The van der Waals surface area contributed by atoms with E-state index in [2.05, 4.69) is 37.0 Å². The molecule has 112 valence electrons. The Morgan fingerprint density at radius 3 is 2.62 bits per heavy atom. The van der Waals surface area contributed by atoms with Gasteiger partial charge >= 0.3 is 0 Å². The summed E-state index contributed by atoms with van der Waals surface area (Å²) in [6.45, 7) is 4.70. The Bertz CT molecular complexity index is 683. The maximum Gasteiger partial charge on any atom is 0.169 e. The molecule has 0 spiro atoms. The molecule has 1 aromatic carbocycles. The molecular weight excluding hydrogens is 419 g/mol. The van der Waals surface area contributed by atoms with Gasteiger partial charge in [0, 0.05) is 21.1 Å². The summed E-state index contributed by atoms with van der Waals surface area (Å²) in [5.41, 5.74) is 2.28. The SMILES string of the molecule is CCc1nn(CC)c(CC(=O)c2ccc(Br)cc2Br)c1Cl. The van der Waals surface area contributed by atoms with Crippen molar-refractivity contribution >= 4 is 49.2 Å². The molecule has 1 heterocycles. The average molecular weight is 435 g/mol. The highest BCUT2D eigenvalue weighted by molar-refractivity contribution is 9.11. The molecule has 1 aromatic heterocycles. The standard InChI is InChI=1S/C15H15Br2ClN2O/c1-3-12-15(18)13(20(4-2)19-12)8-14(21)10-6-5-9(16)7-11(10)17/h5-7H,3-4,8H2,1-2H3. The van der Waals surface area contributed by atoms with E-state index < -0.39 is 0 Å².